The topological polar surface area (TPSA) is 46.3 Å². The van der Waals surface area contributed by atoms with E-state index in [4.69, 9.17) is 5.73 Å². The summed E-state index contributed by atoms with van der Waals surface area (Å²) in [4.78, 5) is 14.8. The van der Waals surface area contributed by atoms with E-state index in [1.807, 2.05) is 0 Å². The summed E-state index contributed by atoms with van der Waals surface area (Å²) in [5.74, 6) is 0.707. The van der Waals surface area contributed by atoms with Crippen molar-refractivity contribution in [2.45, 2.75) is 57.5 Å². The van der Waals surface area contributed by atoms with E-state index in [0.29, 0.717) is 18.2 Å². The van der Waals surface area contributed by atoms with E-state index >= 15 is 0 Å². The lowest BCUT2D eigenvalue weighted by Gasteiger charge is -2.28. The predicted octanol–water partition coefficient (Wildman–Crippen LogP) is 3.18. The number of rotatable bonds is 3. The number of benzene rings is 1. The second kappa shape index (κ2) is 6.18. The van der Waals surface area contributed by atoms with Crippen molar-refractivity contribution in [1.29, 1.82) is 0 Å². The first-order chi connectivity index (χ1) is 10.2. The molecule has 0 bridgehead atoms. The Bertz CT molecular complexity index is 514. The number of hydrogen-bond donors (Lipinski definition) is 1. The van der Waals surface area contributed by atoms with Crippen LogP contribution in [0.3, 0.4) is 0 Å². The first kappa shape index (κ1) is 14.6. The van der Waals surface area contributed by atoms with E-state index < -0.39 is 0 Å². The van der Waals surface area contributed by atoms with Crippen molar-refractivity contribution in [2.75, 3.05) is 6.54 Å². The molecule has 1 aromatic carbocycles. The molecule has 1 saturated heterocycles. The van der Waals surface area contributed by atoms with Gasteiger partial charge in [0, 0.05) is 19.0 Å². The van der Waals surface area contributed by atoms with E-state index in [9.17, 15) is 4.79 Å². The van der Waals surface area contributed by atoms with Gasteiger partial charge in [-0.05, 0) is 49.7 Å². The fourth-order valence-electron chi connectivity index (χ4n) is 4.01. The molecule has 2 N–H and O–H groups in total. The van der Waals surface area contributed by atoms with E-state index in [1.54, 1.807) is 0 Å². The minimum atomic E-state index is 0.230. The third-order valence-corrected chi connectivity index (χ3v) is 5.28. The molecular formula is C18H26N2O. The molecule has 0 radical (unpaired) electrons. The van der Waals surface area contributed by atoms with Crippen molar-refractivity contribution in [2.24, 2.45) is 11.7 Å². The van der Waals surface area contributed by atoms with Crippen molar-refractivity contribution < 1.29 is 4.79 Å². The number of hydrogen-bond acceptors (Lipinski definition) is 2. The summed E-state index contributed by atoms with van der Waals surface area (Å²) in [5.41, 5.74) is 8.74. The lowest BCUT2D eigenvalue weighted by molar-refractivity contribution is -0.133. The van der Waals surface area contributed by atoms with Gasteiger partial charge >= 0.3 is 0 Å². The molecule has 1 aliphatic carbocycles. The van der Waals surface area contributed by atoms with Gasteiger partial charge < -0.3 is 10.6 Å². The van der Waals surface area contributed by atoms with Crippen LogP contribution in [0.1, 0.15) is 55.7 Å². The van der Waals surface area contributed by atoms with E-state index in [0.717, 1.165) is 32.2 Å². The monoisotopic (exact) mass is 286 g/mol. The minimum absolute atomic E-state index is 0.230. The second-order valence-electron chi connectivity index (χ2n) is 6.66. The van der Waals surface area contributed by atoms with Crippen molar-refractivity contribution in [3.05, 3.63) is 35.4 Å². The zero-order valence-corrected chi connectivity index (χ0v) is 12.9. The van der Waals surface area contributed by atoms with Crippen molar-refractivity contribution >= 4 is 5.91 Å². The molecule has 3 atom stereocenters. The lowest BCUT2D eigenvalue weighted by atomic mass is 9.97. The molecule has 3 nitrogen and oxygen atoms in total. The van der Waals surface area contributed by atoms with Gasteiger partial charge in [-0.25, -0.2) is 0 Å². The molecule has 3 rings (SSSR count). The Labute approximate surface area is 127 Å². The number of nitrogens with zero attached hydrogens (tertiary/aromatic N) is 1. The molecule has 1 heterocycles. The smallest absolute Gasteiger partial charge is 0.223 e. The Morgan fingerprint density at radius 2 is 2.05 bits per heavy atom. The fraction of sp³-hybridized carbons (Fsp3) is 0.611. The van der Waals surface area contributed by atoms with Crippen LogP contribution in [0.2, 0.25) is 0 Å². The van der Waals surface area contributed by atoms with E-state index in [1.165, 1.54) is 17.5 Å². The number of carbonyl (C=O) groups excluding carboxylic acids is 1. The number of likely N-dealkylation sites (tertiary alicyclic amines) is 1. The van der Waals surface area contributed by atoms with Crippen LogP contribution in [0.5, 0.6) is 0 Å². The highest BCUT2D eigenvalue weighted by Gasteiger charge is 2.33. The van der Waals surface area contributed by atoms with Gasteiger partial charge in [0.25, 0.3) is 0 Å². The molecule has 0 aromatic heterocycles. The summed E-state index contributed by atoms with van der Waals surface area (Å²) in [6.07, 6.45) is 6.23. The largest absolute Gasteiger partial charge is 0.336 e. The van der Waals surface area contributed by atoms with Gasteiger partial charge in [0.2, 0.25) is 5.91 Å². The highest BCUT2D eigenvalue weighted by atomic mass is 16.2. The summed E-state index contributed by atoms with van der Waals surface area (Å²) >= 11 is 0. The summed E-state index contributed by atoms with van der Waals surface area (Å²) in [7, 11) is 0. The van der Waals surface area contributed by atoms with Crippen LogP contribution >= 0.6 is 0 Å². The molecule has 21 heavy (non-hydrogen) atoms. The van der Waals surface area contributed by atoms with Gasteiger partial charge in [-0.3, -0.25) is 4.79 Å². The molecule has 2 fully saturated rings. The van der Waals surface area contributed by atoms with Crippen LogP contribution in [0.4, 0.5) is 0 Å². The molecular weight excluding hydrogens is 260 g/mol. The quantitative estimate of drug-likeness (QED) is 0.927. The maximum Gasteiger partial charge on any atom is 0.223 e. The highest BCUT2D eigenvalue weighted by Crippen LogP contribution is 2.35. The zero-order valence-electron chi connectivity index (χ0n) is 12.9. The van der Waals surface area contributed by atoms with Crippen LogP contribution in [0.15, 0.2) is 24.3 Å². The first-order valence-electron chi connectivity index (χ1n) is 8.27. The third-order valence-electron chi connectivity index (χ3n) is 5.28. The standard InChI is InChI=1S/C18H26N2O/c1-13-6-2-3-8-15(13)17-10-5-11-20(17)18(21)12-14-7-4-9-16(14)19/h2-3,6,8,14,16-17H,4-5,7,9-12,19H2,1H3/t14-,16+,17?/m0/s1. The molecule has 114 valence electrons. The molecule has 3 heteroatoms. The van der Waals surface area contributed by atoms with Gasteiger partial charge in [0.1, 0.15) is 0 Å². The summed E-state index contributed by atoms with van der Waals surface area (Å²) in [6, 6.07) is 8.97. The van der Waals surface area contributed by atoms with E-state index in [-0.39, 0.29) is 12.1 Å². The Morgan fingerprint density at radius 3 is 2.76 bits per heavy atom. The average Bonchev–Trinajstić information content (AvgIpc) is 3.09. The molecule has 1 aromatic rings. The van der Waals surface area contributed by atoms with Crippen molar-refractivity contribution in [1.82, 2.24) is 4.90 Å². The fourth-order valence-corrected chi connectivity index (χ4v) is 4.01. The van der Waals surface area contributed by atoms with Gasteiger partial charge in [0.05, 0.1) is 6.04 Å². The predicted molar refractivity (Wildman–Crippen MR) is 84.8 cm³/mol. The third kappa shape index (κ3) is 2.98. The van der Waals surface area contributed by atoms with Crippen LogP contribution in [0, 0.1) is 12.8 Å². The van der Waals surface area contributed by atoms with Crippen LogP contribution in [-0.4, -0.2) is 23.4 Å². The van der Waals surface area contributed by atoms with E-state index in [2.05, 4.69) is 36.1 Å². The highest BCUT2D eigenvalue weighted by molar-refractivity contribution is 5.77. The second-order valence-corrected chi connectivity index (χ2v) is 6.66. The molecule has 0 spiro atoms. The molecule has 2 aliphatic rings. The van der Waals surface area contributed by atoms with Gasteiger partial charge in [0.15, 0.2) is 0 Å². The van der Waals surface area contributed by atoms with Crippen LogP contribution in [-0.2, 0) is 4.79 Å². The van der Waals surface area contributed by atoms with Gasteiger partial charge in [-0.15, -0.1) is 0 Å². The Kier molecular flexibility index (Phi) is 4.29. The molecule has 1 amide bonds. The van der Waals surface area contributed by atoms with Crippen LogP contribution < -0.4 is 5.73 Å². The molecule has 1 aliphatic heterocycles. The number of nitrogens with two attached hydrogens (primary N) is 1. The Hall–Kier alpha value is -1.35. The molecule has 1 unspecified atom stereocenters. The summed E-state index contributed by atoms with van der Waals surface area (Å²) in [6.45, 7) is 3.04. The van der Waals surface area contributed by atoms with Gasteiger partial charge in [-0.2, -0.15) is 0 Å². The Morgan fingerprint density at radius 1 is 1.24 bits per heavy atom. The average molecular weight is 286 g/mol. The number of carbonyl (C=O) groups is 1. The summed E-state index contributed by atoms with van der Waals surface area (Å²) in [5, 5.41) is 0. The van der Waals surface area contributed by atoms with Gasteiger partial charge in [-0.1, -0.05) is 30.7 Å². The first-order valence-corrected chi connectivity index (χ1v) is 8.27. The number of aryl methyl sites for hydroxylation is 1. The minimum Gasteiger partial charge on any atom is -0.336 e. The normalized spacial score (nSPS) is 29.0. The van der Waals surface area contributed by atoms with Crippen LogP contribution in [0.25, 0.3) is 0 Å². The maximum atomic E-state index is 12.7. The zero-order chi connectivity index (χ0) is 14.8. The lowest BCUT2D eigenvalue weighted by Crippen LogP contribution is -2.35. The number of amides is 1. The molecule has 1 saturated carbocycles. The SMILES string of the molecule is Cc1ccccc1C1CCCN1C(=O)C[C@@H]1CCC[C@H]1N. The summed E-state index contributed by atoms with van der Waals surface area (Å²) < 4.78 is 0. The maximum absolute atomic E-state index is 12.7. The van der Waals surface area contributed by atoms with Crippen molar-refractivity contribution in [3.8, 4) is 0 Å². The Balaban J connectivity index is 1.72. The van der Waals surface area contributed by atoms with Crippen molar-refractivity contribution in [3.63, 3.8) is 0 Å².